The molecule has 6 heteroatoms. The summed E-state index contributed by atoms with van der Waals surface area (Å²) in [7, 11) is 0. The molecule has 0 saturated heterocycles. The molecule has 5 nitrogen and oxygen atoms in total. The van der Waals surface area contributed by atoms with E-state index in [1.165, 1.54) is 12.3 Å². The van der Waals surface area contributed by atoms with E-state index in [2.05, 4.69) is 4.98 Å². The van der Waals surface area contributed by atoms with Gasteiger partial charge in [0.15, 0.2) is 0 Å². The second-order valence-electron chi connectivity index (χ2n) is 3.56. The van der Waals surface area contributed by atoms with E-state index in [4.69, 9.17) is 16.0 Å². The van der Waals surface area contributed by atoms with Crippen LogP contribution in [0, 0.1) is 17.0 Å². The first-order valence-corrected chi connectivity index (χ1v) is 5.41. The quantitative estimate of drug-likeness (QED) is 0.477. The zero-order chi connectivity index (χ0) is 12.4. The Kier molecular flexibility index (Phi) is 3.10. The minimum atomic E-state index is -0.459. The Morgan fingerprint density at radius 2 is 2.29 bits per heavy atom. The molecule has 0 amide bonds. The number of nitrogens with zero attached hydrogens (tertiary/aromatic N) is 2. The van der Waals surface area contributed by atoms with Crippen molar-refractivity contribution in [1.29, 1.82) is 0 Å². The zero-order valence-corrected chi connectivity index (χ0v) is 9.77. The lowest BCUT2D eigenvalue weighted by atomic mass is 10.1. The molecule has 0 aliphatic carbocycles. The highest BCUT2D eigenvalue weighted by molar-refractivity contribution is 6.16. The Morgan fingerprint density at radius 3 is 2.88 bits per heavy atom. The van der Waals surface area contributed by atoms with Crippen LogP contribution in [0.2, 0.25) is 0 Å². The third-order valence-electron chi connectivity index (χ3n) is 2.27. The fourth-order valence-corrected chi connectivity index (χ4v) is 1.60. The third-order valence-corrected chi connectivity index (χ3v) is 2.54. The van der Waals surface area contributed by atoms with Crippen LogP contribution in [0.4, 0.5) is 5.69 Å². The van der Waals surface area contributed by atoms with E-state index in [9.17, 15) is 10.1 Å². The number of halogens is 1. The maximum Gasteiger partial charge on any atom is 0.282 e. The van der Waals surface area contributed by atoms with Crippen molar-refractivity contribution in [3.63, 3.8) is 0 Å². The lowest BCUT2D eigenvalue weighted by molar-refractivity contribution is -0.384. The summed E-state index contributed by atoms with van der Waals surface area (Å²) in [6, 6.07) is 4.78. The average molecular weight is 253 g/mol. The van der Waals surface area contributed by atoms with Gasteiger partial charge in [0.2, 0.25) is 5.89 Å². The Balaban J connectivity index is 2.56. The van der Waals surface area contributed by atoms with Crippen LogP contribution < -0.4 is 0 Å². The zero-order valence-electron chi connectivity index (χ0n) is 9.01. The van der Waals surface area contributed by atoms with Crippen molar-refractivity contribution in [3.8, 4) is 11.5 Å². The van der Waals surface area contributed by atoms with Crippen molar-refractivity contribution in [3.05, 3.63) is 45.8 Å². The summed E-state index contributed by atoms with van der Waals surface area (Å²) in [5.74, 6) is 0.430. The third kappa shape index (κ3) is 2.29. The highest BCUT2D eigenvalue weighted by Gasteiger charge is 2.19. The maximum atomic E-state index is 10.9. The monoisotopic (exact) mass is 252 g/mol. The van der Waals surface area contributed by atoms with E-state index in [0.717, 1.165) is 5.56 Å². The smallest absolute Gasteiger partial charge is 0.282 e. The number of aromatic nitrogens is 1. The fraction of sp³-hybridized carbons (Fsp3) is 0.182. The minimum Gasteiger partial charge on any atom is -0.444 e. The second kappa shape index (κ2) is 4.55. The molecule has 0 unspecified atom stereocenters. The molecule has 1 heterocycles. The molecule has 88 valence electrons. The number of aryl methyl sites for hydroxylation is 1. The molecule has 0 bridgehead atoms. The van der Waals surface area contributed by atoms with Crippen LogP contribution in [-0.4, -0.2) is 9.91 Å². The van der Waals surface area contributed by atoms with Gasteiger partial charge in [0.1, 0.15) is 11.8 Å². The van der Waals surface area contributed by atoms with E-state index < -0.39 is 4.92 Å². The average Bonchev–Trinajstić information content (AvgIpc) is 2.76. The summed E-state index contributed by atoms with van der Waals surface area (Å²) in [6.45, 7) is 1.85. The number of hydrogen-bond acceptors (Lipinski definition) is 4. The van der Waals surface area contributed by atoms with Gasteiger partial charge in [-0.3, -0.25) is 10.1 Å². The fourth-order valence-electron chi connectivity index (χ4n) is 1.47. The number of nitro benzene ring substituents is 1. The lowest BCUT2D eigenvalue weighted by Gasteiger charge is -1.99. The van der Waals surface area contributed by atoms with Gasteiger partial charge in [0, 0.05) is 6.07 Å². The van der Waals surface area contributed by atoms with E-state index in [-0.39, 0.29) is 17.5 Å². The maximum absolute atomic E-state index is 10.9. The summed E-state index contributed by atoms with van der Waals surface area (Å²) in [5, 5.41) is 10.9. The van der Waals surface area contributed by atoms with E-state index in [1.807, 2.05) is 6.92 Å². The van der Waals surface area contributed by atoms with Crippen LogP contribution in [-0.2, 0) is 5.88 Å². The molecule has 2 aromatic rings. The predicted molar refractivity (Wildman–Crippen MR) is 62.9 cm³/mol. The SMILES string of the molecule is Cc1ccc([N+](=O)[O-])c(-c2nc(CCl)co2)c1. The molecular formula is C11H9ClN2O3. The Morgan fingerprint density at radius 1 is 1.53 bits per heavy atom. The van der Waals surface area contributed by atoms with Crippen LogP contribution in [0.1, 0.15) is 11.3 Å². The van der Waals surface area contributed by atoms with Crippen LogP contribution in [0.15, 0.2) is 28.9 Å². The standard InChI is InChI=1S/C11H9ClN2O3/c1-7-2-3-10(14(15)16)9(4-7)11-13-8(5-12)6-17-11/h2-4,6H,5H2,1H3. The molecule has 0 spiro atoms. The summed E-state index contributed by atoms with van der Waals surface area (Å²) in [5.41, 5.74) is 1.79. The Bertz CT molecular complexity index is 566. The molecule has 0 aliphatic heterocycles. The normalized spacial score (nSPS) is 10.5. The van der Waals surface area contributed by atoms with Crippen molar-refractivity contribution in [1.82, 2.24) is 4.98 Å². The number of hydrogen-bond donors (Lipinski definition) is 0. The summed E-state index contributed by atoms with van der Waals surface area (Å²) in [6.07, 6.45) is 1.40. The second-order valence-corrected chi connectivity index (χ2v) is 3.82. The summed E-state index contributed by atoms with van der Waals surface area (Å²) < 4.78 is 5.19. The molecule has 0 fully saturated rings. The first-order chi connectivity index (χ1) is 8.11. The molecule has 1 aromatic heterocycles. The lowest BCUT2D eigenvalue weighted by Crippen LogP contribution is -1.93. The van der Waals surface area contributed by atoms with Crippen LogP contribution in [0.25, 0.3) is 11.5 Å². The molecule has 2 rings (SSSR count). The molecular weight excluding hydrogens is 244 g/mol. The Labute approximate surface area is 102 Å². The van der Waals surface area contributed by atoms with E-state index in [1.54, 1.807) is 12.1 Å². The van der Waals surface area contributed by atoms with E-state index >= 15 is 0 Å². The molecule has 0 atom stereocenters. The van der Waals surface area contributed by atoms with Crippen molar-refractivity contribution in [2.24, 2.45) is 0 Å². The number of nitro groups is 1. The van der Waals surface area contributed by atoms with Crippen LogP contribution >= 0.6 is 11.6 Å². The van der Waals surface area contributed by atoms with Gasteiger partial charge in [0.05, 0.1) is 16.5 Å². The van der Waals surface area contributed by atoms with Gasteiger partial charge >= 0.3 is 0 Å². The van der Waals surface area contributed by atoms with Crippen molar-refractivity contribution >= 4 is 17.3 Å². The summed E-state index contributed by atoms with van der Waals surface area (Å²) in [4.78, 5) is 14.5. The predicted octanol–water partition coefficient (Wildman–Crippen LogP) is 3.30. The first kappa shape index (κ1) is 11.6. The van der Waals surface area contributed by atoms with Crippen molar-refractivity contribution in [2.75, 3.05) is 0 Å². The summed E-state index contributed by atoms with van der Waals surface area (Å²) >= 11 is 5.60. The number of rotatable bonds is 3. The van der Waals surface area contributed by atoms with Gasteiger partial charge in [-0.05, 0) is 18.6 Å². The van der Waals surface area contributed by atoms with Gasteiger partial charge in [-0.25, -0.2) is 4.98 Å². The highest BCUT2D eigenvalue weighted by atomic mass is 35.5. The first-order valence-electron chi connectivity index (χ1n) is 4.87. The number of alkyl halides is 1. The van der Waals surface area contributed by atoms with Crippen molar-refractivity contribution in [2.45, 2.75) is 12.8 Å². The van der Waals surface area contributed by atoms with Gasteiger partial charge in [0.25, 0.3) is 5.69 Å². The molecule has 1 aromatic carbocycles. The van der Waals surface area contributed by atoms with Crippen molar-refractivity contribution < 1.29 is 9.34 Å². The largest absolute Gasteiger partial charge is 0.444 e. The topological polar surface area (TPSA) is 69.2 Å². The highest BCUT2D eigenvalue weighted by Crippen LogP contribution is 2.30. The number of benzene rings is 1. The molecule has 17 heavy (non-hydrogen) atoms. The van der Waals surface area contributed by atoms with Crippen LogP contribution in [0.3, 0.4) is 0 Å². The van der Waals surface area contributed by atoms with Gasteiger partial charge in [-0.15, -0.1) is 11.6 Å². The minimum absolute atomic E-state index is 0.0291. The number of oxazole rings is 1. The van der Waals surface area contributed by atoms with Gasteiger partial charge in [-0.1, -0.05) is 6.07 Å². The van der Waals surface area contributed by atoms with E-state index in [0.29, 0.717) is 11.3 Å². The van der Waals surface area contributed by atoms with Gasteiger partial charge < -0.3 is 4.42 Å². The molecule has 0 radical (unpaired) electrons. The van der Waals surface area contributed by atoms with Gasteiger partial charge in [-0.2, -0.15) is 0 Å². The van der Waals surface area contributed by atoms with Crippen LogP contribution in [0.5, 0.6) is 0 Å². The Hall–Kier alpha value is -1.88. The molecule has 0 saturated carbocycles. The molecule has 0 aliphatic rings. The molecule has 0 N–H and O–H groups in total.